The minimum atomic E-state index is 0.0230. The van der Waals surface area contributed by atoms with Crippen LogP contribution in [0.1, 0.15) is 32.6 Å². The Morgan fingerprint density at radius 2 is 2.47 bits per heavy atom. The molecule has 1 spiro atoms. The number of ether oxygens (including phenoxy) is 1. The molecule has 3 atom stereocenters. The number of hydrogen-bond acceptors (Lipinski definition) is 4. The largest absolute Gasteiger partial charge is 0.374 e. The molecule has 3 unspecified atom stereocenters. The molecule has 0 aromatic heterocycles. The van der Waals surface area contributed by atoms with E-state index in [0.717, 1.165) is 31.6 Å². The second kappa shape index (κ2) is 5.72. The summed E-state index contributed by atoms with van der Waals surface area (Å²) in [5, 5.41) is 0. The maximum Gasteiger partial charge on any atom is 0.136 e. The van der Waals surface area contributed by atoms with Crippen molar-refractivity contribution in [2.45, 2.75) is 38.2 Å². The molecule has 17 heavy (non-hydrogen) atoms. The standard InChI is InChI=1S/C13H23NO2S/c1-10(8-14)6-12(15)11-2-4-16-13(7-11)3-5-17-9-13/h10-11H,2-9,14H2,1H3. The van der Waals surface area contributed by atoms with Crippen LogP contribution in [0.15, 0.2) is 0 Å². The summed E-state index contributed by atoms with van der Waals surface area (Å²) in [4.78, 5) is 12.2. The molecule has 0 saturated carbocycles. The van der Waals surface area contributed by atoms with E-state index in [9.17, 15) is 4.79 Å². The van der Waals surface area contributed by atoms with Crippen LogP contribution in [0.5, 0.6) is 0 Å². The molecule has 2 heterocycles. The van der Waals surface area contributed by atoms with Crippen molar-refractivity contribution in [3.05, 3.63) is 0 Å². The molecule has 2 aliphatic rings. The van der Waals surface area contributed by atoms with Crippen molar-refractivity contribution in [3.8, 4) is 0 Å². The van der Waals surface area contributed by atoms with Crippen molar-refractivity contribution >= 4 is 17.5 Å². The zero-order valence-corrected chi connectivity index (χ0v) is 11.4. The summed E-state index contributed by atoms with van der Waals surface area (Å²) >= 11 is 1.96. The predicted molar refractivity (Wildman–Crippen MR) is 71.2 cm³/mol. The first-order valence-corrected chi connectivity index (χ1v) is 7.75. The molecule has 2 fully saturated rings. The molecule has 0 radical (unpaired) electrons. The van der Waals surface area contributed by atoms with Gasteiger partial charge in [-0.2, -0.15) is 11.8 Å². The molecule has 2 N–H and O–H groups in total. The van der Waals surface area contributed by atoms with Crippen LogP contribution in [0.4, 0.5) is 0 Å². The van der Waals surface area contributed by atoms with Crippen molar-refractivity contribution < 1.29 is 9.53 Å². The van der Waals surface area contributed by atoms with Gasteiger partial charge in [0.25, 0.3) is 0 Å². The van der Waals surface area contributed by atoms with E-state index in [1.54, 1.807) is 0 Å². The predicted octanol–water partition coefficient (Wildman–Crippen LogP) is 1.84. The lowest BCUT2D eigenvalue weighted by Crippen LogP contribution is -2.42. The van der Waals surface area contributed by atoms with Crippen LogP contribution in [0.25, 0.3) is 0 Å². The van der Waals surface area contributed by atoms with Crippen molar-refractivity contribution in [2.24, 2.45) is 17.6 Å². The Hall–Kier alpha value is -0.0600. The van der Waals surface area contributed by atoms with E-state index in [2.05, 4.69) is 6.92 Å². The van der Waals surface area contributed by atoms with Crippen LogP contribution >= 0.6 is 11.8 Å². The third-order valence-corrected chi connectivity index (χ3v) is 5.19. The Morgan fingerprint density at radius 3 is 3.12 bits per heavy atom. The Labute approximate surface area is 108 Å². The van der Waals surface area contributed by atoms with Crippen molar-refractivity contribution in [2.75, 3.05) is 24.7 Å². The number of nitrogens with two attached hydrogens (primary N) is 1. The highest BCUT2D eigenvalue weighted by atomic mass is 32.2. The highest BCUT2D eigenvalue weighted by Gasteiger charge is 2.42. The smallest absolute Gasteiger partial charge is 0.136 e. The van der Waals surface area contributed by atoms with Crippen LogP contribution < -0.4 is 5.73 Å². The van der Waals surface area contributed by atoms with E-state index in [1.165, 1.54) is 5.75 Å². The second-order valence-electron chi connectivity index (χ2n) is 5.54. The minimum absolute atomic E-state index is 0.0230. The van der Waals surface area contributed by atoms with Crippen LogP contribution in [-0.2, 0) is 9.53 Å². The lowest BCUT2D eigenvalue weighted by molar-refractivity contribution is -0.134. The fourth-order valence-electron chi connectivity index (χ4n) is 2.76. The minimum Gasteiger partial charge on any atom is -0.374 e. The Balaban J connectivity index is 1.90. The zero-order valence-electron chi connectivity index (χ0n) is 10.6. The molecule has 2 rings (SSSR count). The van der Waals surface area contributed by atoms with Crippen molar-refractivity contribution in [3.63, 3.8) is 0 Å². The molecular weight excluding hydrogens is 234 g/mol. The summed E-state index contributed by atoms with van der Waals surface area (Å²) < 4.78 is 5.94. The van der Waals surface area contributed by atoms with Gasteiger partial charge in [0.05, 0.1) is 5.60 Å². The Kier molecular flexibility index (Phi) is 4.50. The van der Waals surface area contributed by atoms with E-state index in [4.69, 9.17) is 10.5 Å². The van der Waals surface area contributed by atoms with Gasteiger partial charge in [0.15, 0.2) is 0 Å². The van der Waals surface area contributed by atoms with Crippen LogP contribution in [0.2, 0.25) is 0 Å². The zero-order chi connectivity index (χ0) is 12.3. The molecule has 2 aliphatic heterocycles. The maximum absolute atomic E-state index is 12.2. The van der Waals surface area contributed by atoms with Gasteiger partial charge in [-0.1, -0.05) is 6.92 Å². The molecule has 0 amide bonds. The fraction of sp³-hybridized carbons (Fsp3) is 0.923. The number of ketones is 1. The third-order valence-electron chi connectivity index (χ3n) is 3.97. The molecule has 98 valence electrons. The molecule has 0 aromatic carbocycles. The van der Waals surface area contributed by atoms with Gasteiger partial charge in [0, 0.05) is 24.7 Å². The summed E-state index contributed by atoms with van der Waals surface area (Å²) in [6.45, 7) is 3.42. The van der Waals surface area contributed by atoms with Crippen LogP contribution in [-0.4, -0.2) is 36.0 Å². The van der Waals surface area contributed by atoms with Gasteiger partial charge in [0.2, 0.25) is 0 Å². The van der Waals surface area contributed by atoms with E-state index in [-0.39, 0.29) is 11.5 Å². The number of carbonyl (C=O) groups is 1. The van der Waals surface area contributed by atoms with Crippen LogP contribution in [0.3, 0.4) is 0 Å². The molecule has 0 aliphatic carbocycles. The first kappa shape index (κ1) is 13.4. The van der Waals surface area contributed by atoms with Gasteiger partial charge in [0.1, 0.15) is 5.78 Å². The average Bonchev–Trinajstić information content (AvgIpc) is 2.77. The van der Waals surface area contributed by atoms with Crippen molar-refractivity contribution in [1.29, 1.82) is 0 Å². The number of rotatable bonds is 4. The summed E-state index contributed by atoms with van der Waals surface area (Å²) in [6.07, 6.45) is 3.61. The molecule has 4 heteroatoms. The van der Waals surface area contributed by atoms with Gasteiger partial charge in [-0.05, 0) is 37.5 Å². The quantitative estimate of drug-likeness (QED) is 0.835. The topological polar surface area (TPSA) is 52.3 Å². The monoisotopic (exact) mass is 257 g/mol. The van der Waals surface area contributed by atoms with E-state index in [1.807, 2.05) is 11.8 Å². The lowest BCUT2D eigenvalue weighted by atomic mass is 9.81. The third kappa shape index (κ3) is 3.24. The Morgan fingerprint density at radius 1 is 1.65 bits per heavy atom. The van der Waals surface area contributed by atoms with Gasteiger partial charge in [-0.15, -0.1) is 0 Å². The van der Waals surface area contributed by atoms with Crippen LogP contribution in [0, 0.1) is 11.8 Å². The van der Waals surface area contributed by atoms with Gasteiger partial charge in [-0.3, -0.25) is 4.79 Å². The highest BCUT2D eigenvalue weighted by Crippen LogP contribution is 2.40. The molecule has 2 saturated heterocycles. The van der Waals surface area contributed by atoms with Gasteiger partial charge < -0.3 is 10.5 Å². The molecule has 0 aromatic rings. The van der Waals surface area contributed by atoms with Gasteiger partial charge >= 0.3 is 0 Å². The molecular formula is C13H23NO2S. The maximum atomic E-state index is 12.2. The van der Waals surface area contributed by atoms with E-state index < -0.39 is 0 Å². The summed E-state index contributed by atoms with van der Waals surface area (Å²) in [5.74, 6) is 3.20. The second-order valence-corrected chi connectivity index (χ2v) is 6.64. The first-order valence-electron chi connectivity index (χ1n) is 6.60. The number of thioether (sulfide) groups is 1. The van der Waals surface area contributed by atoms with E-state index >= 15 is 0 Å². The summed E-state index contributed by atoms with van der Waals surface area (Å²) in [5.41, 5.74) is 5.61. The van der Waals surface area contributed by atoms with Crippen molar-refractivity contribution in [1.82, 2.24) is 0 Å². The molecule has 3 nitrogen and oxygen atoms in total. The number of carbonyl (C=O) groups excluding carboxylic acids is 1. The van der Waals surface area contributed by atoms with E-state index in [0.29, 0.717) is 24.7 Å². The highest BCUT2D eigenvalue weighted by molar-refractivity contribution is 7.99. The number of hydrogen-bond donors (Lipinski definition) is 1. The SMILES string of the molecule is CC(CN)CC(=O)C1CCOC2(CCSC2)C1. The summed E-state index contributed by atoms with van der Waals surface area (Å²) in [7, 11) is 0. The van der Waals surface area contributed by atoms with Gasteiger partial charge in [-0.25, -0.2) is 0 Å². The normalized spacial score (nSPS) is 35.1. The number of Topliss-reactive ketones (excluding diaryl/α,β-unsaturated/α-hetero) is 1. The summed E-state index contributed by atoms with van der Waals surface area (Å²) in [6, 6.07) is 0. The first-order chi connectivity index (χ1) is 8.15. The Bertz CT molecular complexity index is 277. The average molecular weight is 257 g/mol. The fourth-order valence-corrected chi connectivity index (χ4v) is 4.14. The molecule has 0 bridgehead atoms. The lowest BCUT2D eigenvalue weighted by Gasteiger charge is -2.37.